The average Bonchev–Trinajstić information content (AvgIpc) is 2.44. The van der Waals surface area contributed by atoms with Gasteiger partial charge in [-0.05, 0) is 43.4 Å². The molecular weight excluding hydrogens is 300 g/mol. The molecule has 0 aliphatic carbocycles. The molecule has 0 unspecified atom stereocenters. The van der Waals surface area contributed by atoms with Crippen LogP contribution in [0.2, 0.25) is 0 Å². The van der Waals surface area contributed by atoms with Crippen molar-refractivity contribution in [1.29, 1.82) is 0 Å². The number of likely N-dealkylation sites (tertiary alicyclic amines) is 1. The molecule has 1 heterocycles. The van der Waals surface area contributed by atoms with Gasteiger partial charge in [0.25, 0.3) is 0 Å². The molecule has 1 aliphatic heterocycles. The molecular formula is C16H24N2O3S. The van der Waals surface area contributed by atoms with Crippen molar-refractivity contribution in [3.05, 3.63) is 29.8 Å². The number of amides is 1. The largest absolute Gasteiger partial charge is 0.341 e. The van der Waals surface area contributed by atoms with Crippen molar-refractivity contribution >= 4 is 21.6 Å². The van der Waals surface area contributed by atoms with Gasteiger partial charge < -0.3 is 4.90 Å². The lowest BCUT2D eigenvalue weighted by atomic mass is 9.99. The van der Waals surface area contributed by atoms with Crippen LogP contribution in [0, 0.1) is 12.8 Å². The third-order valence-electron chi connectivity index (χ3n) is 4.11. The number of carbonyl (C=O) groups is 1. The molecule has 1 aromatic carbocycles. The highest BCUT2D eigenvalue weighted by Crippen LogP contribution is 2.20. The number of rotatable bonds is 4. The minimum Gasteiger partial charge on any atom is -0.341 e. The summed E-state index contributed by atoms with van der Waals surface area (Å²) < 4.78 is 25.3. The fourth-order valence-corrected chi connectivity index (χ4v) is 3.51. The molecule has 122 valence electrons. The van der Waals surface area contributed by atoms with Crippen molar-refractivity contribution in [2.45, 2.75) is 26.7 Å². The smallest absolute Gasteiger partial charge is 0.243 e. The Morgan fingerprint density at radius 2 is 1.95 bits per heavy atom. The highest BCUT2D eigenvalue weighted by Gasteiger charge is 2.26. The number of sulfonamides is 1. The molecule has 2 rings (SSSR count). The Bertz CT molecular complexity index is 635. The predicted octanol–water partition coefficient (Wildman–Crippen LogP) is 2.02. The Morgan fingerprint density at radius 3 is 2.50 bits per heavy atom. The van der Waals surface area contributed by atoms with Crippen LogP contribution in [-0.4, -0.2) is 45.1 Å². The molecule has 6 heteroatoms. The molecule has 0 atom stereocenters. The minimum absolute atomic E-state index is 0.126. The number of nitrogens with zero attached hydrogens (tertiary/aromatic N) is 2. The molecule has 0 radical (unpaired) electrons. The zero-order valence-corrected chi connectivity index (χ0v) is 14.3. The maximum Gasteiger partial charge on any atom is 0.243 e. The molecule has 0 spiro atoms. The second kappa shape index (κ2) is 6.69. The van der Waals surface area contributed by atoms with E-state index in [0.29, 0.717) is 24.7 Å². The molecule has 1 amide bonds. The third-order valence-corrected chi connectivity index (χ3v) is 5.25. The zero-order valence-electron chi connectivity index (χ0n) is 13.4. The SMILES string of the molecule is Cc1cccc(N(CC(=O)N2CCC(C)CC2)S(C)(=O)=O)c1. The van der Waals surface area contributed by atoms with Crippen LogP contribution in [0.4, 0.5) is 5.69 Å². The molecule has 1 fully saturated rings. The number of hydrogen-bond donors (Lipinski definition) is 0. The normalized spacial score (nSPS) is 16.6. The summed E-state index contributed by atoms with van der Waals surface area (Å²) in [5.41, 5.74) is 1.51. The van der Waals surface area contributed by atoms with Crippen molar-refractivity contribution in [2.75, 3.05) is 30.2 Å². The van der Waals surface area contributed by atoms with Gasteiger partial charge in [-0.1, -0.05) is 19.1 Å². The van der Waals surface area contributed by atoms with Crippen LogP contribution < -0.4 is 4.31 Å². The van der Waals surface area contributed by atoms with Gasteiger partial charge in [-0.25, -0.2) is 8.42 Å². The monoisotopic (exact) mass is 324 g/mol. The van der Waals surface area contributed by atoms with E-state index in [-0.39, 0.29) is 12.5 Å². The van der Waals surface area contributed by atoms with Gasteiger partial charge in [0.05, 0.1) is 11.9 Å². The van der Waals surface area contributed by atoms with E-state index in [1.54, 1.807) is 23.1 Å². The molecule has 5 nitrogen and oxygen atoms in total. The Labute approximate surface area is 133 Å². The quantitative estimate of drug-likeness (QED) is 0.851. The van der Waals surface area contributed by atoms with Gasteiger partial charge >= 0.3 is 0 Å². The van der Waals surface area contributed by atoms with Crippen molar-refractivity contribution < 1.29 is 13.2 Å². The van der Waals surface area contributed by atoms with E-state index in [1.807, 2.05) is 13.0 Å². The highest BCUT2D eigenvalue weighted by molar-refractivity contribution is 7.92. The Balaban J connectivity index is 2.16. The number of aryl methyl sites for hydroxylation is 1. The standard InChI is InChI=1S/C16H24N2O3S/c1-13-7-9-17(10-8-13)16(19)12-18(22(3,20)21)15-6-4-5-14(2)11-15/h4-6,11,13H,7-10,12H2,1-3H3. The maximum atomic E-state index is 12.4. The van der Waals surface area contributed by atoms with E-state index in [2.05, 4.69) is 6.92 Å². The summed E-state index contributed by atoms with van der Waals surface area (Å²) in [5, 5.41) is 0. The van der Waals surface area contributed by atoms with Crippen molar-refractivity contribution in [3.8, 4) is 0 Å². The van der Waals surface area contributed by atoms with Gasteiger partial charge in [0.15, 0.2) is 0 Å². The van der Waals surface area contributed by atoms with Crippen molar-refractivity contribution in [1.82, 2.24) is 4.90 Å². The van der Waals surface area contributed by atoms with E-state index in [0.717, 1.165) is 24.7 Å². The van der Waals surface area contributed by atoms with Crippen LogP contribution in [0.3, 0.4) is 0 Å². The van der Waals surface area contributed by atoms with Gasteiger partial charge in [0, 0.05) is 13.1 Å². The fraction of sp³-hybridized carbons (Fsp3) is 0.562. The highest BCUT2D eigenvalue weighted by atomic mass is 32.2. The van der Waals surface area contributed by atoms with E-state index < -0.39 is 10.0 Å². The van der Waals surface area contributed by atoms with E-state index in [1.165, 1.54) is 4.31 Å². The lowest BCUT2D eigenvalue weighted by molar-refractivity contribution is -0.130. The summed E-state index contributed by atoms with van der Waals surface area (Å²) in [6.07, 6.45) is 3.10. The van der Waals surface area contributed by atoms with Crippen LogP contribution in [0.5, 0.6) is 0 Å². The van der Waals surface area contributed by atoms with Crippen LogP contribution in [0.25, 0.3) is 0 Å². The molecule has 0 N–H and O–H groups in total. The number of anilines is 1. The maximum absolute atomic E-state index is 12.4. The second-order valence-corrected chi connectivity index (χ2v) is 8.08. The van der Waals surface area contributed by atoms with Crippen molar-refractivity contribution in [3.63, 3.8) is 0 Å². The predicted molar refractivity (Wildman–Crippen MR) is 88.3 cm³/mol. The van der Waals surface area contributed by atoms with Gasteiger partial charge in [0.1, 0.15) is 6.54 Å². The van der Waals surface area contributed by atoms with Gasteiger partial charge in [-0.15, -0.1) is 0 Å². The summed E-state index contributed by atoms with van der Waals surface area (Å²) in [6, 6.07) is 7.21. The molecule has 1 aliphatic rings. The number of benzene rings is 1. The van der Waals surface area contributed by atoms with Gasteiger partial charge in [0.2, 0.25) is 15.9 Å². The molecule has 0 bridgehead atoms. The molecule has 22 heavy (non-hydrogen) atoms. The minimum atomic E-state index is -3.49. The molecule has 0 aromatic heterocycles. The number of piperidine rings is 1. The summed E-state index contributed by atoms with van der Waals surface area (Å²) >= 11 is 0. The summed E-state index contributed by atoms with van der Waals surface area (Å²) in [7, 11) is -3.49. The number of carbonyl (C=O) groups excluding carboxylic acids is 1. The molecule has 1 aromatic rings. The second-order valence-electron chi connectivity index (χ2n) is 6.17. The summed E-state index contributed by atoms with van der Waals surface area (Å²) in [5.74, 6) is 0.505. The van der Waals surface area contributed by atoms with Gasteiger partial charge in [-0.3, -0.25) is 9.10 Å². The lowest BCUT2D eigenvalue weighted by Crippen LogP contribution is -2.45. The van der Waals surface area contributed by atoms with Gasteiger partial charge in [-0.2, -0.15) is 0 Å². The summed E-state index contributed by atoms with van der Waals surface area (Å²) in [4.78, 5) is 14.2. The first-order chi connectivity index (χ1) is 10.3. The first-order valence-corrected chi connectivity index (χ1v) is 9.44. The summed E-state index contributed by atoms with van der Waals surface area (Å²) in [6.45, 7) is 5.38. The zero-order chi connectivity index (χ0) is 16.3. The van der Waals surface area contributed by atoms with E-state index >= 15 is 0 Å². The Kier molecular flexibility index (Phi) is 5.11. The fourth-order valence-electron chi connectivity index (χ4n) is 2.66. The molecule has 0 saturated carbocycles. The first-order valence-electron chi connectivity index (χ1n) is 7.59. The molecule has 1 saturated heterocycles. The van der Waals surface area contributed by atoms with Crippen LogP contribution in [0.1, 0.15) is 25.3 Å². The van der Waals surface area contributed by atoms with Crippen LogP contribution >= 0.6 is 0 Å². The topological polar surface area (TPSA) is 57.7 Å². The lowest BCUT2D eigenvalue weighted by Gasteiger charge is -2.32. The third kappa shape index (κ3) is 4.22. The van der Waals surface area contributed by atoms with E-state index in [4.69, 9.17) is 0 Å². The van der Waals surface area contributed by atoms with Crippen molar-refractivity contribution in [2.24, 2.45) is 5.92 Å². The average molecular weight is 324 g/mol. The van der Waals surface area contributed by atoms with Crippen LogP contribution in [0.15, 0.2) is 24.3 Å². The first kappa shape index (κ1) is 16.8. The Hall–Kier alpha value is -1.56. The number of hydrogen-bond acceptors (Lipinski definition) is 3. The van der Waals surface area contributed by atoms with Crippen LogP contribution in [-0.2, 0) is 14.8 Å². The Morgan fingerprint density at radius 1 is 1.32 bits per heavy atom. The van der Waals surface area contributed by atoms with E-state index in [9.17, 15) is 13.2 Å².